The summed E-state index contributed by atoms with van der Waals surface area (Å²) in [5.41, 5.74) is -0.175. The average Bonchev–Trinajstić information content (AvgIpc) is 3.21. The number of fused-ring (bicyclic) bond motifs is 1. The highest BCUT2D eigenvalue weighted by Gasteiger charge is 2.41. The maximum atomic E-state index is 11.6. The van der Waals surface area contributed by atoms with Gasteiger partial charge < -0.3 is 19.5 Å². The van der Waals surface area contributed by atoms with E-state index in [2.05, 4.69) is 15.3 Å². The molecule has 30 heavy (non-hydrogen) atoms. The molecule has 3 atom stereocenters. The summed E-state index contributed by atoms with van der Waals surface area (Å²) in [5.74, 6) is -1.54. The molecule has 1 N–H and O–H groups in total. The van der Waals surface area contributed by atoms with Crippen molar-refractivity contribution in [2.75, 3.05) is 11.9 Å². The molecule has 1 amide bonds. The molecule has 0 bridgehead atoms. The lowest BCUT2D eigenvalue weighted by Gasteiger charge is -2.17. The lowest BCUT2D eigenvalue weighted by molar-refractivity contribution is -0.383. The molecule has 13 nitrogen and oxygen atoms in total. The number of anilines is 1. The first kappa shape index (κ1) is 21.1. The molecule has 3 heterocycles. The van der Waals surface area contributed by atoms with Crippen LogP contribution in [0.5, 0.6) is 0 Å². The van der Waals surface area contributed by atoms with E-state index < -0.39 is 41.2 Å². The number of aromatic nitrogens is 3. The van der Waals surface area contributed by atoms with Crippen LogP contribution in [0.15, 0.2) is 12.5 Å². The SMILES string of the molecule is CC(=O)Nc1ncnc2c1c([N+](=O)[O-])cn2[C@H]1C[C@@H](OC(C)=O)[C@@H](COC(C)=O)O1. The van der Waals surface area contributed by atoms with Gasteiger partial charge in [0.05, 0.1) is 11.1 Å². The smallest absolute Gasteiger partial charge is 0.303 e. The topological polar surface area (TPSA) is 165 Å². The summed E-state index contributed by atoms with van der Waals surface area (Å²) in [6, 6.07) is 0. The zero-order chi connectivity index (χ0) is 22.0. The molecule has 0 unspecified atom stereocenters. The van der Waals surface area contributed by atoms with E-state index in [1.54, 1.807) is 0 Å². The van der Waals surface area contributed by atoms with Crippen molar-refractivity contribution in [1.29, 1.82) is 0 Å². The predicted octanol–water partition coefficient (Wildman–Crippen LogP) is 1.08. The van der Waals surface area contributed by atoms with Crippen molar-refractivity contribution in [1.82, 2.24) is 14.5 Å². The number of nitro groups is 1. The van der Waals surface area contributed by atoms with Crippen LogP contribution in [0, 0.1) is 10.1 Å². The average molecular weight is 421 g/mol. The molecule has 1 fully saturated rings. The zero-order valence-electron chi connectivity index (χ0n) is 16.4. The Balaban J connectivity index is 2.01. The van der Waals surface area contributed by atoms with Crippen LogP contribution in [0.3, 0.4) is 0 Å². The number of hydrogen-bond donors (Lipinski definition) is 1. The Morgan fingerprint density at radius 2 is 2.03 bits per heavy atom. The number of amides is 1. The first-order valence-corrected chi connectivity index (χ1v) is 8.91. The maximum absolute atomic E-state index is 11.6. The van der Waals surface area contributed by atoms with Gasteiger partial charge >= 0.3 is 11.9 Å². The third-order valence-corrected chi connectivity index (χ3v) is 4.34. The van der Waals surface area contributed by atoms with Crippen molar-refractivity contribution >= 4 is 40.4 Å². The summed E-state index contributed by atoms with van der Waals surface area (Å²) < 4.78 is 17.5. The second-order valence-electron chi connectivity index (χ2n) is 6.60. The normalized spacial score (nSPS) is 20.7. The first-order valence-electron chi connectivity index (χ1n) is 8.91. The summed E-state index contributed by atoms with van der Waals surface area (Å²) >= 11 is 0. The van der Waals surface area contributed by atoms with Crippen molar-refractivity contribution < 1.29 is 33.5 Å². The summed E-state index contributed by atoms with van der Waals surface area (Å²) in [6.45, 7) is 3.56. The Hall–Kier alpha value is -3.61. The van der Waals surface area contributed by atoms with Crippen LogP contribution in [0.2, 0.25) is 0 Å². The Labute approximate surface area is 169 Å². The van der Waals surface area contributed by atoms with E-state index in [1.165, 1.54) is 31.5 Å². The van der Waals surface area contributed by atoms with Crippen molar-refractivity contribution in [3.8, 4) is 0 Å². The number of nitrogens with one attached hydrogen (secondary N) is 1. The summed E-state index contributed by atoms with van der Waals surface area (Å²) in [5, 5.41) is 14.1. The minimum absolute atomic E-state index is 0.0102. The van der Waals surface area contributed by atoms with Crippen molar-refractivity contribution in [3.05, 3.63) is 22.6 Å². The molecule has 1 aliphatic rings. The number of hydrogen-bond acceptors (Lipinski definition) is 10. The summed E-state index contributed by atoms with van der Waals surface area (Å²) in [7, 11) is 0. The van der Waals surface area contributed by atoms with Gasteiger partial charge in [0.15, 0.2) is 11.5 Å². The van der Waals surface area contributed by atoms with Gasteiger partial charge in [-0.25, -0.2) is 9.97 Å². The molecule has 0 radical (unpaired) electrons. The fourth-order valence-electron chi connectivity index (χ4n) is 3.24. The lowest BCUT2D eigenvalue weighted by atomic mass is 10.2. The van der Waals surface area contributed by atoms with Gasteiger partial charge in [0.1, 0.15) is 36.8 Å². The predicted molar refractivity (Wildman–Crippen MR) is 99.2 cm³/mol. The molecular formula is C17H19N5O8. The number of carbonyl (C=O) groups is 3. The quantitative estimate of drug-likeness (QED) is 0.405. The van der Waals surface area contributed by atoms with E-state index >= 15 is 0 Å². The Morgan fingerprint density at radius 1 is 1.30 bits per heavy atom. The molecule has 160 valence electrons. The van der Waals surface area contributed by atoms with E-state index in [1.807, 2.05) is 0 Å². The Morgan fingerprint density at radius 3 is 2.63 bits per heavy atom. The van der Waals surface area contributed by atoms with Crippen molar-refractivity contribution in [3.63, 3.8) is 0 Å². The van der Waals surface area contributed by atoms with Gasteiger partial charge in [-0.1, -0.05) is 0 Å². The monoisotopic (exact) mass is 421 g/mol. The van der Waals surface area contributed by atoms with Gasteiger partial charge in [0.2, 0.25) is 5.91 Å². The van der Waals surface area contributed by atoms with Crippen LogP contribution in [-0.4, -0.2) is 56.1 Å². The highest BCUT2D eigenvalue weighted by atomic mass is 16.6. The third-order valence-electron chi connectivity index (χ3n) is 4.34. The van der Waals surface area contributed by atoms with Crippen LogP contribution in [0.25, 0.3) is 11.0 Å². The molecular weight excluding hydrogens is 402 g/mol. The molecule has 0 aliphatic carbocycles. The minimum Gasteiger partial charge on any atom is -0.463 e. The van der Waals surface area contributed by atoms with Gasteiger partial charge in [-0.15, -0.1) is 0 Å². The van der Waals surface area contributed by atoms with Crippen LogP contribution < -0.4 is 5.32 Å². The van der Waals surface area contributed by atoms with Crippen molar-refractivity contribution in [2.24, 2.45) is 0 Å². The van der Waals surface area contributed by atoms with Crippen LogP contribution in [-0.2, 0) is 28.6 Å². The maximum Gasteiger partial charge on any atom is 0.303 e. The van der Waals surface area contributed by atoms with Gasteiger partial charge in [-0.2, -0.15) is 0 Å². The van der Waals surface area contributed by atoms with E-state index in [9.17, 15) is 24.5 Å². The largest absolute Gasteiger partial charge is 0.463 e. The summed E-state index contributed by atoms with van der Waals surface area (Å²) in [4.78, 5) is 53.0. The van der Waals surface area contributed by atoms with Gasteiger partial charge in [0.25, 0.3) is 5.69 Å². The zero-order valence-corrected chi connectivity index (χ0v) is 16.4. The number of esters is 2. The second kappa shape index (κ2) is 8.41. The molecule has 0 aromatic carbocycles. The second-order valence-corrected chi connectivity index (χ2v) is 6.60. The molecule has 0 spiro atoms. The molecule has 0 saturated carbocycles. The molecule has 2 aromatic heterocycles. The Bertz CT molecular complexity index is 1020. The van der Waals surface area contributed by atoms with E-state index in [4.69, 9.17) is 14.2 Å². The number of ether oxygens (including phenoxy) is 3. The Kier molecular flexibility index (Phi) is 5.91. The number of nitrogens with zero attached hydrogens (tertiary/aromatic N) is 4. The molecule has 3 rings (SSSR count). The highest BCUT2D eigenvalue weighted by Crippen LogP contribution is 2.38. The fourth-order valence-corrected chi connectivity index (χ4v) is 3.24. The van der Waals surface area contributed by atoms with Crippen LogP contribution in [0.4, 0.5) is 11.5 Å². The highest BCUT2D eigenvalue weighted by molar-refractivity contribution is 6.02. The first-order chi connectivity index (χ1) is 14.2. The lowest BCUT2D eigenvalue weighted by Crippen LogP contribution is -2.31. The summed E-state index contributed by atoms with van der Waals surface area (Å²) in [6.07, 6.45) is 0.213. The van der Waals surface area contributed by atoms with Crippen LogP contribution in [0.1, 0.15) is 33.4 Å². The number of rotatable bonds is 6. The fraction of sp³-hybridized carbons (Fsp3) is 0.471. The minimum atomic E-state index is -0.800. The third kappa shape index (κ3) is 4.35. The van der Waals surface area contributed by atoms with Gasteiger partial charge in [-0.05, 0) is 0 Å². The van der Waals surface area contributed by atoms with Crippen LogP contribution >= 0.6 is 0 Å². The number of carbonyl (C=O) groups excluding carboxylic acids is 3. The molecule has 2 aromatic rings. The van der Waals surface area contributed by atoms with E-state index in [0.717, 1.165) is 6.33 Å². The standard InChI is InChI=1S/C17H19N5O8/c1-8(23)20-16-15-11(22(26)27)5-21(17(15)19-7-18-16)14-4-12(29-10(3)25)13(30-14)6-28-9(2)24/h5,7,12-14H,4,6H2,1-3H3,(H,18,19,20,23)/t12-,13-,14-/m1/s1. The molecule has 13 heteroatoms. The van der Waals surface area contributed by atoms with Gasteiger partial charge in [0, 0.05) is 27.2 Å². The van der Waals surface area contributed by atoms with Gasteiger partial charge in [-0.3, -0.25) is 29.1 Å². The molecule has 1 aliphatic heterocycles. The van der Waals surface area contributed by atoms with Crippen molar-refractivity contribution in [2.45, 2.75) is 45.6 Å². The molecule has 1 saturated heterocycles. The van der Waals surface area contributed by atoms with E-state index in [-0.39, 0.29) is 35.6 Å². The van der Waals surface area contributed by atoms with E-state index in [0.29, 0.717) is 0 Å².